The summed E-state index contributed by atoms with van der Waals surface area (Å²) in [5.41, 5.74) is 2.56. The molecule has 0 atom stereocenters. The zero-order valence-electron chi connectivity index (χ0n) is 9.24. The predicted molar refractivity (Wildman–Crippen MR) is 67.7 cm³/mol. The standard InChI is InChI=1S/C12H12BrN3/c1-8(2)4-10-7-16-6-9(14-3)5-11(13)12(16)15-10/h5-8H,4H2,1-2H3. The van der Waals surface area contributed by atoms with Gasteiger partial charge in [0.25, 0.3) is 0 Å². The van der Waals surface area contributed by atoms with E-state index in [4.69, 9.17) is 6.57 Å². The molecule has 0 saturated carbocycles. The lowest BCUT2D eigenvalue weighted by Gasteiger charge is -1.97. The Morgan fingerprint density at radius 1 is 1.50 bits per heavy atom. The molecule has 2 aromatic rings. The van der Waals surface area contributed by atoms with Gasteiger partial charge < -0.3 is 4.40 Å². The lowest BCUT2D eigenvalue weighted by molar-refractivity contribution is 0.638. The molecule has 16 heavy (non-hydrogen) atoms. The first-order valence-corrected chi connectivity index (χ1v) is 5.94. The molecule has 2 aromatic heterocycles. The Morgan fingerprint density at radius 2 is 2.25 bits per heavy atom. The summed E-state index contributed by atoms with van der Waals surface area (Å²) in [4.78, 5) is 7.96. The Bertz CT molecular complexity index is 563. The van der Waals surface area contributed by atoms with Gasteiger partial charge in [-0.2, -0.15) is 0 Å². The number of halogens is 1. The van der Waals surface area contributed by atoms with Gasteiger partial charge in [-0.25, -0.2) is 9.83 Å². The number of imidazole rings is 1. The molecule has 0 unspecified atom stereocenters. The van der Waals surface area contributed by atoms with E-state index in [1.165, 1.54) is 0 Å². The molecule has 82 valence electrons. The van der Waals surface area contributed by atoms with Crippen molar-refractivity contribution < 1.29 is 0 Å². The third-order valence-corrected chi connectivity index (χ3v) is 2.87. The van der Waals surface area contributed by atoms with E-state index in [1.807, 2.05) is 16.8 Å². The van der Waals surface area contributed by atoms with Crippen molar-refractivity contribution in [1.82, 2.24) is 9.38 Å². The zero-order chi connectivity index (χ0) is 11.7. The first-order chi connectivity index (χ1) is 7.60. The molecule has 2 heterocycles. The quantitative estimate of drug-likeness (QED) is 0.765. The summed E-state index contributed by atoms with van der Waals surface area (Å²) in [6.07, 6.45) is 4.76. The molecule has 0 amide bonds. The second kappa shape index (κ2) is 4.26. The molecule has 0 fully saturated rings. The molecule has 0 saturated heterocycles. The van der Waals surface area contributed by atoms with Crippen molar-refractivity contribution in [2.75, 3.05) is 0 Å². The Labute approximate surface area is 103 Å². The molecule has 0 N–H and O–H groups in total. The second-order valence-corrected chi connectivity index (χ2v) is 5.07. The fourth-order valence-electron chi connectivity index (χ4n) is 1.67. The van der Waals surface area contributed by atoms with Gasteiger partial charge in [-0.1, -0.05) is 13.8 Å². The predicted octanol–water partition coefficient (Wildman–Crippen LogP) is 3.85. The number of fused-ring (bicyclic) bond motifs is 1. The van der Waals surface area contributed by atoms with Crippen LogP contribution in [0.25, 0.3) is 10.5 Å². The molecular formula is C12H12BrN3. The molecule has 0 aliphatic heterocycles. The van der Waals surface area contributed by atoms with E-state index in [2.05, 4.69) is 39.6 Å². The van der Waals surface area contributed by atoms with E-state index >= 15 is 0 Å². The number of rotatable bonds is 2. The first-order valence-electron chi connectivity index (χ1n) is 5.14. The molecule has 0 radical (unpaired) electrons. The van der Waals surface area contributed by atoms with Crippen molar-refractivity contribution >= 4 is 27.3 Å². The maximum atomic E-state index is 7.01. The Balaban J connectivity index is 2.53. The number of hydrogen-bond acceptors (Lipinski definition) is 1. The van der Waals surface area contributed by atoms with Crippen molar-refractivity contribution in [3.8, 4) is 0 Å². The van der Waals surface area contributed by atoms with E-state index in [1.54, 1.807) is 6.07 Å². The van der Waals surface area contributed by atoms with Crippen LogP contribution in [0.1, 0.15) is 19.5 Å². The van der Waals surface area contributed by atoms with Gasteiger partial charge in [-0.15, -0.1) is 0 Å². The summed E-state index contributed by atoms with van der Waals surface area (Å²) in [7, 11) is 0. The van der Waals surface area contributed by atoms with E-state index in [0.717, 1.165) is 22.2 Å². The normalized spacial score (nSPS) is 10.9. The number of nitrogens with zero attached hydrogens (tertiary/aromatic N) is 3. The van der Waals surface area contributed by atoms with Crippen LogP contribution in [0.3, 0.4) is 0 Å². The largest absolute Gasteiger partial charge is 0.316 e. The highest BCUT2D eigenvalue weighted by Crippen LogP contribution is 2.24. The van der Waals surface area contributed by atoms with Crippen LogP contribution in [0, 0.1) is 12.5 Å². The maximum absolute atomic E-state index is 7.01. The van der Waals surface area contributed by atoms with Crippen molar-refractivity contribution in [2.24, 2.45) is 5.92 Å². The van der Waals surface area contributed by atoms with Gasteiger partial charge in [0.15, 0.2) is 0 Å². The summed E-state index contributed by atoms with van der Waals surface area (Å²) >= 11 is 3.44. The van der Waals surface area contributed by atoms with Gasteiger partial charge in [-0.3, -0.25) is 0 Å². The van der Waals surface area contributed by atoms with Crippen LogP contribution in [0.4, 0.5) is 5.69 Å². The Hall–Kier alpha value is -1.34. The van der Waals surface area contributed by atoms with Gasteiger partial charge in [-0.05, 0) is 34.3 Å². The van der Waals surface area contributed by atoms with Crippen LogP contribution in [-0.2, 0) is 6.42 Å². The molecule has 0 aliphatic carbocycles. The number of aromatic nitrogens is 2. The van der Waals surface area contributed by atoms with Crippen LogP contribution in [0.5, 0.6) is 0 Å². The summed E-state index contributed by atoms with van der Waals surface area (Å²) in [6.45, 7) is 11.3. The third kappa shape index (κ3) is 2.10. The van der Waals surface area contributed by atoms with E-state index in [-0.39, 0.29) is 0 Å². The maximum Gasteiger partial charge on any atom is 0.204 e. The van der Waals surface area contributed by atoms with Gasteiger partial charge in [0, 0.05) is 12.4 Å². The molecule has 0 spiro atoms. The van der Waals surface area contributed by atoms with Crippen LogP contribution in [0.2, 0.25) is 0 Å². The smallest absolute Gasteiger partial charge is 0.204 e. The van der Waals surface area contributed by atoms with E-state index < -0.39 is 0 Å². The molecule has 0 aromatic carbocycles. The minimum Gasteiger partial charge on any atom is -0.316 e. The minimum absolute atomic E-state index is 0.587. The average Bonchev–Trinajstić information content (AvgIpc) is 2.59. The monoisotopic (exact) mass is 277 g/mol. The molecular weight excluding hydrogens is 266 g/mol. The lowest BCUT2D eigenvalue weighted by Crippen LogP contribution is -1.93. The van der Waals surface area contributed by atoms with Crippen LogP contribution >= 0.6 is 15.9 Å². The second-order valence-electron chi connectivity index (χ2n) is 4.22. The lowest BCUT2D eigenvalue weighted by atomic mass is 10.1. The summed E-state index contributed by atoms with van der Waals surface area (Å²) in [6, 6.07) is 1.80. The molecule has 3 nitrogen and oxygen atoms in total. The van der Waals surface area contributed by atoms with Gasteiger partial charge in [0.2, 0.25) is 5.69 Å². The van der Waals surface area contributed by atoms with E-state index in [0.29, 0.717) is 11.6 Å². The third-order valence-electron chi connectivity index (χ3n) is 2.29. The topological polar surface area (TPSA) is 21.7 Å². The molecule has 0 bridgehead atoms. The molecule has 4 heteroatoms. The highest BCUT2D eigenvalue weighted by molar-refractivity contribution is 9.10. The van der Waals surface area contributed by atoms with Gasteiger partial charge in [0.05, 0.1) is 16.7 Å². The molecule has 0 aliphatic rings. The Kier molecular flexibility index (Phi) is 2.97. The van der Waals surface area contributed by atoms with Gasteiger partial charge in [0.1, 0.15) is 5.65 Å². The molecule has 2 rings (SSSR count). The van der Waals surface area contributed by atoms with Gasteiger partial charge >= 0.3 is 0 Å². The highest BCUT2D eigenvalue weighted by Gasteiger charge is 2.07. The number of hydrogen-bond donors (Lipinski definition) is 0. The fraction of sp³-hybridized carbons (Fsp3) is 0.333. The average molecular weight is 278 g/mol. The van der Waals surface area contributed by atoms with E-state index in [9.17, 15) is 0 Å². The summed E-state index contributed by atoms with van der Waals surface area (Å²) in [5, 5.41) is 0. The van der Waals surface area contributed by atoms with Crippen LogP contribution < -0.4 is 0 Å². The fourth-order valence-corrected chi connectivity index (χ4v) is 2.20. The summed E-state index contributed by atoms with van der Waals surface area (Å²) < 4.78 is 2.78. The first kappa shape index (κ1) is 11.2. The SMILES string of the molecule is [C-]#[N+]c1cc(Br)c2nc(CC(C)C)cn2c1. The van der Waals surface area contributed by atoms with Crippen molar-refractivity contribution in [1.29, 1.82) is 0 Å². The highest BCUT2D eigenvalue weighted by atomic mass is 79.9. The summed E-state index contributed by atoms with van der Waals surface area (Å²) in [5.74, 6) is 0.587. The number of pyridine rings is 1. The van der Waals surface area contributed by atoms with Crippen molar-refractivity contribution in [3.05, 3.63) is 40.0 Å². The Morgan fingerprint density at radius 3 is 2.88 bits per heavy atom. The van der Waals surface area contributed by atoms with Crippen LogP contribution in [0.15, 0.2) is 22.9 Å². The minimum atomic E-state index is 0.587. The zero-order valence-corrected chi connectivity index (χ0v) is 10.8. The van der Waals surface area contributed by atoms with Crippen LogP contribution in [-0.4, -0.2) is 9.38 Å². The van der Waals surface area contributed by atoms with Crippen molar-refractivity contribution in [3.63, 3.8) is 0 Å². The van der Waals surface area contributed by atoms with Crippen molar-refractivity contribution in [2.45, 2.75) is 20.3 Å².